The van der Waals surface area contributed by atoms with E-state index in [1.807, 2.05) is 6.07 Å². The predicted molar refractivity (Wildman–Crippen MR) is 125 cm³/mol. The van der Waals surface area contributed by atoms with E-state index in [4.69, 9.17) is 11.0 Å². The van der Waals surface area contributed by atoms with E-state index in [-0.39, 0.29) is 39.4 Å². The topological polar surface area (TPSA) is 140 Å². The van der Waals surface area contributed by atoms with E-state index in [1.54, 1.807) is 0 Å². The molecule has 0 radical (unpaired) electrons. The molecule has 0 saturated heterocycles. The highest BCUT2D eigenvalue weighted by Gasteiger charge is 2.51. The number of pyridine rings is 2. The second-order valence-electron chi connectivity index (χ2n) is 8.49. The Hall–Kier alpha value is -3.40. The Balaban J connectivity index is 1.81. The molecule has 0 aliphatic carbocycles. The SMILES string of the molecule is CC1(C)C(N)=NC(CF)(c2cc(Nc3ncc(F)c4cc(C#N)cnc34)ccc2F)CS1(O)O. The summed E-state index contributed by atoms with van der Waals surface area (Å²) in [7, 11) is -3.48. The van der Waals surface area contributed by atoms with Crippen LogP contribution in [0.3, 0.4) is 0 Å². The lowest BCUT2D eigenvalue weighted by molar-refractivity contribution is 0.312. The Morgan fingerprint density at radius 2 is 1.91 bits per heavy atom. The highest BCUT2D eigenvalue weighted by Crippen LogP contribution is 2.59. The number of nitriles is 1. The van der Waals surface area contributed by atoms with Crippen LogP contribution in [0.2, 0.25) is 0 Å². The fourth-order valence-corrected chi connectivity index (χ4v) is 5.40. The first-order valence-corrected chi connectivity index (χ1v) is 11.7. The van der Waals surface area contributed by atoms with Crippen molar-refractivity contribution in [2.75, 3.05) is 17.7 Å². The maximum atomic E-state index is 14.9. The number of hydrogen-bond acceptors (Lipinski definition) is 8. The summed E-state index contributed by atoms with van der Waals surface area (Å²) in [5.41, 5.74) is 4.31. The lowest BCUT2D eigenvalue weighted by Gasteiger charge is -2.53. The minimum absolute atomic E-state index is 0.0555. The van der Waals surface area contributed by atoms with E-state index >= 15 is 0 Å². The van der Waals surface area contributed by atoms with Crippen molar-refractivity contribution in [3.63, 3.8) is 0 Å². The number of hydrogen-bond donors (Lipinski definition) is 4. The molecule has 1 aliphatic rings. The van der Waals surface area contributed by atoms with E-state index in [9.17, 15) is 22.3 Å². The van der Waals surface area contributed by atoms with Gasteiger partial charge in [0.25, 0.3) is 0 Å². The highest BCUT2D eigenvalue weighted by atomic mass is 32.3. The van der Waals surface area contributed by atoms with Gasteiger partial charge in [-0.1, -0.05) is 0 Å². The van der Waals surface area contributed by atoms with Gasteiger partial charge in [-0.15, -0.1) is 0 Å². The third-order valence-corrected chi connectivity index (χ3v) is 8.69. The Morgan fingerprint density at radius 1 is 1.18 bits per heavy atom. The number of nitrogens with two attached hydrogens (primary N) is 1. The van der Waals surface area contributed by atoms with Crippen molar-refractivity contribution >= 4 is 38.8 Å². The first-order valence-electron chi connectivity index (χ1n) is 10.0. The van der Waals surface area contributed by atoms with Crippen LogP contribution in [0.4, 0.5) is 24.7 Å². The predicted octanol–water partition coefficient (Wildman–Crippen LogP) is 4.59. The van der Waals surface area contributed by atoms with Gasteiger partial charge in [0.15, 0.2) is 11.6 Å². The van der Waals surface area contributed by atoms with Crippen LogP contribution >= 0.6 is 10.6 Å². The Labute approximate surface area is 194 Å². The Morgan fingerprint density at radius 3 is 2.56 bits per heavy atom. The van der Waals surface area contributed by atoms with Gasteiger partial charge in [0.1, 0.15) is 40.2 Å². The van der Waals surface area contributed by atoms with Crippen LogP contribution < -0.4 is 11.1 Å². The number of benzene rings is 1. The Bertz CT molecular complexity index is 1370. The fourth-order valence-electron chi connectivity index (χ4n) is 3.69. The summed E-state index contributed by atoms with van der Waals surface area (Å²) in [4.78, 5) is 12.3. The zero-order valence-electron chi connectivity index (χ0n) is 18.2. The normalized spacial score (nSPS) is 22.0. The van der Waals surface area contributed by atoms with Crippen molar-refractivity contribution in [3.05, 3.63) is 59.4 Å². The standard InChI is InChI=1S/C22H21F3N6O2S/c1-21(2)20(27)31-22(10-23,11-34(21,32)33)15-6-13(3-4-16(15)24)30-19-18-14(17(25)9-29-19)5-12(7-26)8-28-18/h3-6,8-9,32-33H,10-11H2,1-2H3,(H2,27,31)(H,29,30). The van der Waals surface area contributed by atoms with Crippen LogP contribution in [0.25, 0.3) is 10.9 Å². The number of amidine groups is 1. The maximum absolute atomic E-state index is 14.9. The molecule has 1 unspecified atom stereocenters. The fraction of sp³-hybridized carbons (Fsp3) is 0.273. The quantitative estimate of drug-likeness (QED) is 0.419. The van der Waals surface area contributed by atoms with Crippen molar-refractivity contribution in [1.82, 2.24) is 9.97 Å². The number of anilines is 2. The second kappa shape index (κ2) is 8.12. The molecule has 4 rings (SSSR count). The molecule has 2 aromatic heterocycles. The van der Waals surface area contributed by atoms with E-state index in [2.05, 4.69) is 20.3 Å². The smallest absolute Gasteiger partial charge is 0.157 e. The summed E-state index contributed by atoms with van der Waals surface area (Å²) in [6, 6.07) is 6.89. The zero-order valence-corrected chi connectivity index (χ0v) is 19.0. The number of fused-ring (bicyclic) bond motifs is 1. The minimum Gasteiger partial charge on any atom is -0.386 e. The molecule has 12 heteroatoms. The molecule has 8 nitrogen and oxygen atoms in total. The average Bonchev–Trinajstić information content (AvgIpc) is 2.80. The molecular weight excluding hydrogens is 469 g/mol. The van der Waals surface area contributed by atoms with Crippen LogP contribution in [-0.2, 0) is 5.54 Å². The molecule has 3 aromatic rings. The number of aromatic nitrogens is 2. The van der Waals surface area contributed by atoms with Crippen molar-refractivity contribution in [1.29, 1.82) is 5.26 Å². The molecule has 5 N–H and O–H groups in total. The number of rotatable bonds is 4. The van der Waals surface area contributed by atoms with Gasteiger partial charge in [-0.3, -0.25) is 19.1 Å². The molecular formula is C22H21F3N6O2S. The molecule has 0 saturated carbocycles. The van der Waals surface area contributed by atoms with Crippen LogP contribution in [-0.4, -0.2) is 42.1 Å². The number of aliphatic imine (C=N–C) groups is 1. The third kappa shape index (κ3) is 3.71. The summed E-state index contributed by atoms with van der Waals surface area (Å²) in [6.07, 6.45) is 2.21. The number of alkyl halides is 1. The monoisotopic (exact) mass is 490 g/mol. The van der Waals surface area contributed by atoms with Crippen LogP contribution in [0.15, 0.2) is 41.7 Å². The van der Waals surface area contributed by atoms with Gasteiger partial charge in [-0.25, -0.2) is 18.2 Å². The molecule has 0 spiro atoms. The van der Waals surface area contributed by atoms with Crippen molar-refractivity contribution in [2.45, 2.75) is 24.1 Å². The van der Waals surface area contributed by atoms with Crippen molar-refractivity contribution < 1.29 is 22.3 Å². The van der Waals surface area contributed by atoms with Crippen molar-refractivity contribution in [3.8, 4) is 6.07 Å². The summed E-state index contributed by atoms with van der Waals surface area (Å²) in [5, 5.41) is 12.0. The minimum atomic E-state index is -3.48. The van der Waals surface area contributed by atoms with Crippen LogP contribution in [0, 0.1) is 23.0 Å². The largest absolute Gasteiger partial charge is 0.386 e. The summed E-state index contributed by atoms with van der Waals surface area (Å²) in [6.45, 7) is 1.73. The average molecular weight is 491 g/mol. The molecule has 0 fully saturated rings. The van der Waals surface area contributed by atoms with Crippen LogP contribution in [0.1, 0.15) is 25.0 Å². The van der Waals surface area contributed by atoms with Gasteiger partial charge < -0.3 is 11.1 Å². The molecule has 1 aromatic carbocycles. The molecule has 3 heterocycles. The van der Waals surface area contributed by atoms with Gasteiger partial charge in [-0.05, 0) is 38.1 Å². The lowest BCUT2D eigenvalue weighted by Crippen LogP contribution is -2.53. The van der Waals surface area contributed by atoms with E-state index < -0.39 is 44.9 Å². The molecule has 0 amide bonds. The van der Waals surface area contributed by atoms with Gasteiger partial charge in [0, 0.05) is 22.8 Å². The third-order valence-electron chi connectivity index (χ3n) is 5.97. The van der Waals surface area contributed by atoms with E-state index in [0.29, 0.717) is 0 Å². The molecule has 0 bridgehead atoms. The van der Waals surface area contributed by atoms with Crippen LogP contribution in [0.5, 0.6) is 0 Å². The van der Waals surface area contributed by atoms with Gasteiger partial charge in [0.05, 0.1) is 17.5 Å². The van der Waals surface area contributed by atoms with Gasteiger partial charge >= 0.3 is 0 Å². The number of nitrogens with zero attached hydrogens (tertiary/aromatic N) is 4. The zero-order chi connectivity index (χ0) is 24.9. The first kappa shape index (κ1) is 23.7. The summed E-state index contributed by atoms with van der Waals surface area (Å²) >= 11 is 0. The summed E-state index contributed by atoms with van der Waals surface area (Å²) in [5.74, 6) is -2.13. The lowest BCUT2D eigenvalue weighted by atomic mass is 9.92. The molecule has 1 atom stereocenters. The number of halogens is 3. The summed E-state index contributed by atoms with van der Waals surface area (Å²) < 4.78 is 63.6. The van der Waals surface area contributed by atoms with E-state index in [1.165, 1.54) is 38.2 Å². The molecule has 178 valence electrons. The molecule has 1 aliphatic heterocycles. The van der Waals surface area contributed by atoms with E-state index in [0.717, 1.165) is 12.3 Å². The second-order valence-corrected chi connectivity index (χ2v) is 11.1. The van der Waals surface area contributed by atoms with Crippen molar-refractivity contribution in [2.24, 2.45) is 10.7 Å². The first-order chi connectivity index (χ1) is 15.9. The van der Waals surface area contributed by atoms with Gasteiger partial charge in [0.2, 0.25) is 0 Å². The van der Waals surface area contributed by atoms with Gasteiger partial charge in [-0.2, -0.15) is 15.9 Å². The maximum Gasteiger partial charge on any atom is 0.157 e. The molecule has 34 heavy (non-hydrogen) atoms. The number of nitrogens with one attached hydrogen (secondary N) is 1. The Kier molecular flexibility index (Phi) is 5.67. The highest BCUT2D eigenvalue weighted by molar-refractivity contribution is 8.26.